The zero-order chi connectivity index (χ0) is 15.1. The van der Waals surface area contributed by atoms with Gasteiger partial charge in [0.05, 0.1) is 12.5 Å². The molecule has 0 fully saturated rings. The molecule has 112 valence electrons. The first-order valence-electron chi connectivity index (χ1n) is 6.69. The van der Waals surface area contributed by atoms with E-state index < -0.39 is 5.97 Å². The first-order valence-corrected chi connectivity index (χ1v) is 7.50. The van der Waals surface area contributed by atoms with Gasteiger partial charge >= 0.3 is 5.97 Å². The highest BCUT2D eigenvalue weighted by atomic mass is 32.1. The zero-order valence-corrected chi connectivity index (χ0v) is 12.9. The van der Waals surface area contributed by atoms with Crippen molar-refractivity contribution in [2.24, 2.45) is 5.92 Å². The molecule has 0 bridgehead atoms. The lowest BCUT2D eigenvalue weighted by Gasteiger charge is -2.14. The minimum Gasteiger partial charge on any atom is -0.481 e. The average molecular weight is 298 g/mol. The van der Waals surface area contributed by atoms with Crippen molar-refractivity contribution in [3.8, 4) is 0 Å². The van der Waals surface area contributed by atoms with Crippen molar-refractivity contribution in [2.75, 3.05) is 6.54 Å². The van der Waals surface area contributed by atoms with Crippen LogP contribution in [0.15, 0.2) is 12.1 Å². The number of carboxylic acids is 1. The van der Waals surface area contributed by atoms with Crippen LogP contribution in [0.1, 0.15) is 30.5 Å². The molecule has 0 aliphatic carbocycles. The Morgan fingerprint density at radius 2 is 1.90 bits per heavy atom. The molecule has 1 unspecified atom stereocenters. The molecule has 1 heterocycles. The van der Waals surface area contributed by atoms with E-state index in [1.54, 1.807) is 0 Å². The lowest BCUT2D eigenvalue weighted by molar-refractivity contribution is -0.136. The van der Waals surface area contributed by atoms with Crippen molar-refractivity contribution in [1.82, 2.24) is 10.6 Å². The molecule has 0 radical (unpaired) electrons. The van der Waals surface area contributed by atoms with Crippen LogP contribution in [-0.4, -0.2) is 29.6 Å². The van der Waals surface area contributed by atoms with Gasteiger partial charge in [-0.3, -0.25) is 9.59 Å². The van der Waals surface area contributed by atoms with Gasteiger partial charge in [-0.05, 0) is 25.0 Å². The summed E-state index contributed by atoms with van der Waals surface area (Å²) in [5, 5.41) is 14.7. The molecule has 3 N–H and O–H groups in total. The van der Waals surface area contributed by atoms with Crippen LogP contribution in [0.5, 0.6) is 0 Å². The highest BCUT2D eigenvalue weighted by molar-refractivity contribution is 7.12. The first-order chi connectivity index (χ1) is 9.38. The molecular weight excluding hydrogens is 276 g/mol. The third-order valence-corrected chi connectivity index (χ3v) is 3.79. The van der Waals surface area contributed by atoms with Crippen LogP contribution in [0.3, 0.4) is 0 Å². The molecular formula is C14H22N2O3S. The van der Waals surface area contributed by atoms with Crippen LogP contribution in [0.2, 0.25) is 0 Å². The van der Waals surface area contributed by atoms with E-state index in [-0.39, 0.29) is 18.4 Å². The molecule has 0 saturated heterocycles. The van der Waals surface area contributed by atoms with Gasteiger partial charge in [-0.15, -0.1) is 11.3 Å². The van der Waals surface area contributed by atoms with Crippen molar-refractivity contribution >= 4 is 23.2 Å². The number of carbonyl (C=O) groups excluding carboxylic acids is 1. The summed E-state index contributed by atoms with van der Waals surface area (Å²) in [4.78, 5) is 24.2. The Balaban J connectivity index is 2.36. The second-order valence-electron chi connectivity index (χ2n) is 5.18. The van der Waals surface area contributed by atoms with Crippen molar-refractivity contribution in [2.45, 2.75) is 39.8 Å². The van der Waals surface area contributed by atoms with Gasteiger partial charge in [0.25, 0.3) is 0 Å². The van der Waals surface area contributed by atoms with E-state index in [4.69, 9.17) is 5.11 Å². The van der Waals surface area contributed by atoms with Gasteiger partial charge in [0.2, 0.25) is 5.91 Å². The number of amides is 1. The summed E-state index contributed by atoms with van der Waals surface area (Å²) in [6.45, 7) is 7.16. The Morgan fingerprint density at radius 3 is 2.50 bits per heavy atom. The van der Waals surface area contributed by atoms with Crippen LogP contribution in [0.4, 0.5) is 0 Å². The van der Waals surface area contributed by atoms with Gasteiger partial charge in [0.1, 0.15) is 0 Å². The van der Waals surface area contributed by atoms with Crippen molar-refractivity contribution < 1.29 is 14.7 Å². The number of aliphatic carboxylic acids is 1. The van der Waals surface area contributed by atoms with Crippen molar-refractivity contribution in [3.63, 3.8) is 0 Å². The Bertz CT molecular complexity index is 457. The number of carboxylic acid groups (broad SMARTS) is 1. The third-order valence-electron chi connectivity index (χ3n) is 2.70. The largest absolute Gasteiger partial charge is 0.481 e. The van der Waals surface area contributed by atoms with E-state index in [9.17, 15) is 9.59 Å². The molecule has 0 spiro atoms. The highest BCUT2D eigenvalue weighted by Gasteiger charge is 2.12. The SMILES string of the molecule is CC(C)CNC(=O)C(C)NCc1ccc(CC(=O)O)s1. The Hall–Kier alpha value is -1.40. The molecule has 0 saturated carbocycles. The van der Waals surface area contributed by atoms with Crippen LogP contribution in [-0.2, 0) is 22.6 Å². The maximum Gasteiger partial charge on any atom is 0.308 e. The van der Waals surface area contributed by atoms with E-state index in [1.165, 1.54) is 11.3 Å². The lowest BCUT2D eigenvalue weighted by Crippen LogP contribution is -2.42. The number of hydrogen-bond donors (Lipinski definition) is 3. The summed E-state index contributed by atoms with van der Waals surface area (Å²) in [6.07, 6.45) is 0.0507. The first kappa shape index (κ1) is 16.7. The van der Waals surface area contributed by atoms with Gasteiger partial charge in [0, 0.05) is 22.8 Å². The Labute approximate surface area is 123 Å². The number of rotatable bonds is 8. The number of carbonyl (C=O) groups is 2. The molecule has 5 nitrogen and oxygen atoms in total. The van der Waals surface area contributed by atoms with Gasteiger partial charge in [-0.1, -0.05) is 13.8 Å². The van der Waals surface area contributed by atoms with Crippen molar-refractivity contribution in [3.05, 3.63) is 21.9 Å². The average Bonchev–Trinajstić information content (AvgIpc) is 2.79. The molecule has 1 aromatic rings. The fourth-order valence-electron chi connectivity index (χ4n) is 1.57. The van der Waals surface area contributed by atoms with E-state index >= 15 is 0 Å². The molecule has 0 aliphatic rings. The maximum absolute atomic E-state index is 11.8. The quantitative estimate of drug-likeness (QED) is 0.681. The smallest absolute Gasteiger partial charge is 0.308 e. The van der Waals surface area contributed by atoms with Gasteiger partial charge in [0.15, 0.2) is 0 Å². The monoisotopic (exact) mass is 298 g/mol. The second kappa shape index (κ2) is 8.01. The Morgan fingerprint density at radius 1 is 1.25 bits per heavy atom. The standard InChI is InChI=1S/C14H22N2O3S/c1-9(2)7-16-14(19)10(3)15-8-12-5-4-11(20-12)6-13(17)18/h4-5,9-10,15H,6-8H2,1-3H3,(H,16,19)(H,17,18). The molecule has 1 rings (SSSR count). The number of nitrogens with one attached hydrogen (secondary N) is 2. The normalized spacial score (nSPS) is 12.4. The lowest BCUT2D eigenvalue weighted by atomic mass is 10.2. The van der Waals surface area contributed by atoms with E-state index in [2.05, 4.69) is 10.6 Å². The second-order valence-corrected chi connectivity index (χ2v) is 6.43. The minimum absolute atomic E-state index is 0.0129. The van der Waals surface area contributed by atoms with E-state index in [0.29, 0.717) is 19.0 Å². The number of hydrogen-bond acceptors (Lipinski definition) is 4. The van der Waals surface area contributed by atoms with Crippen LogP contribution >= 0.6 is 11.3 Å². The topological polar surface area (TPSA) is 78.4 Å². The molecule has 0 aromatic carbocycles. The van der Waals surface area contributed by atoms with E-state index in [1.807, 2.05) is 32.9 Å². The summed E-state index contributed by atoms with van der Waals surface area (Å²) in [5.74, 6) is -0.407. The predicted molar refractivity (Wildman–Crippen MR) is 79.8 cm³/mol. The molecule has 1 atom stereocenters. The third kappa shape index (κ3) is 6.16. The fourth-order valence-corrected chi connectivity index (χ4v) is 2.53. The summed E-state index contributed by atoms with van der Waals surface area (Å²) >= 11 is 1.46. The summed E-state index contributed by atoms with van der Waals surface area (Å²) in [6, 6.07) is 3.45. The van der Waals surface area contributed by atoms with Crippen LogP contribution < -0.4 is 10.6 Å². The summed E-state index contributed by atoms with van der Waals surface area (Å²) in [5.41, 5.74) is 0. The molecule has 20 heavy (non-hydrogen) atoms. The molecule has 1 aromatic heterocycles. The van der Waals surface area contributed by atoms with Gasteiger partial charge in [-0.2, -0.15) is 0 Å². The molecule has 1 amide bonds. The summed E-state index contributed by atoms with van der Waals surface area (Å²) in [7, 11) is 0. The Kier molecular flexibility index (Phi) is 6.67. The molecule has 0 aliphatic heterocycles. The fraction of sp³-hybridized carbons (Fsp3) is 0.571. The molecule has 6 heteroatoms. The summed E-state index contributed by atoms with van der Waals surface area (Å²) < 4.78 is 0. The van der Waals surface area contributed by atoms with Crippen LogP contribution in [0, 0.1) is 5.92 Å². The van der Waals surface area contributed by atoms with E-state index in [0.717, 1.165) is 9.75 Å². The zero-order valence-electron chi connectivity index (χ0n) is 12.1. The number of thiophene rings is 1. The maximum atomic E-state index is 11.8. The van der Waals surface area contributed by atoms with Gasteiger partial charge in [-0.25, -0.2) is 0 Å². The van der Waals surface area contributed by atoms with Crippen molar-refractivity contribution in [1.29, 1.82) is 0 Å². The highest BCUT2D eigenvalue weighted by Crippen LogP contribution is 2.17. The van der Waals surface area contributed by atoms with Crippen LogP contribution in [0.25, 0.3) is 0 Å². The predicted octanol–water partition coefficient (Wildman–Crippen LogP) is 1.63. The van der Waals surface area contributed by atoms with Gasteiger partial charge < -0.3 is 15.7 Å². The minimum atomic E-state index is -0.826.